The van der Waals surface area contributed by atoms with Crippen LogP contribution in [0.25, 0.3) is 0 Å². The van der Waals surface area contributed by atoms with Crippen LogP contribution in [0.3, 0.4) is 0 Å². The van der Waals surface area contributed by atoms with Gasteiger partial charge in [-0.3, -0.25) is 9.59 Å². The molecule has 5 nitrogen and oxygen atoms in total. The highest BCUT2D eigenvalue weighted by Crippen LogP contribution is 2.18. The van der Waals surface area contributed by atoms with Crippen LogP contribution in [0.2, 0.25) is 0 Å². The van der Waals surface area contributed by atoms with E-state index in [0.717, 1.165) is 37.2 Å². The predicted octanol–water partition coefficient (Wildman–Crippen LogP) is 1.32. The maximum atomic E-state index is 12.2. The first-order valence-electron chi connectivity index (χ1n) is 6.72. The van der Waals surface area contributed by atoms with Gasteiger partial charge in [0, 0.05) is 17.3 Å². The third-order valence-electron chi connectivity index (χ3n) is 3.69. The fraction of sp³-hybridized carbons (Fsp3) is 0.571. The van der Waals surface area contributed by atoms with Crippen LogP contribution in [0.5, 0.6) is 0 Å². The molecule has 1 saturated heterocycles. The molecule has 1 aliphatic heterocycles. The molecule has 0 saturated carbocycles. The summed E-state index contributed by atoms with van der Waals surface area (Å²) >= 11 is 0. The van der Waals surface area contributed by atoms with Gasteiger partial charge in [-0.05, 0) is 52.3 Å². The van der Waals surface area contributed by atoms with Crippen LogP contribution >= 0.6 is 0 Å². The second-order valence-electron chi connectivity index (χ2n) is 5.18. The quantitative estimate of drug-likeness (QED) is 0.720. The number of aromatic amines is 1. The maximum absolute atomic E-state index is 12.2. The molecule has 0 spiro atoms. The van der Waals surface area contributed by atoms with E-state index >= 15 is 0 Å². The van der Waals surface area contributed by atoms with E-state index in [1.54, 1.807) is 0 Å². The van der Waals surface area contributed by atoms with Crippen molar-refractivity contribution in [1.29, 1.82) is 0 Å². The van der Waals surface area contributed by atoms with Crippen LogP contribution in [-0.4, -0.2) is 35.8 Å². The van der Waals surface area contributed by atoms with Crippen LogP contribution < -0.4 is 10.6 Å². The van der Waals surface area contributed by atoms with E-state index in [0.29, 0.717) is 11.3 Å². The van der Waals surface area contributed by atoms with Gasteiger partial charge in [-0.2, -0.15) is 0 Å². The van der Waals surface area contributed by atoms with Crippen molar-refractivity contribution in [2.75, 3.05) is 13.1 Å². The van der Waals surface area contributed by atoms with Crippen LogP contribution in [0.1, 0.15) is 51.9 Å². The Kier molecular flexibility index (Phi) is 4.04. The van der Waals surface area contributed by atoms with E-state index in [-0.39, 0.29) is 17.7 Å². The Hall–Kier alpha value is -1.62. The van der Waals surface area contributed by atoms with Crippen molar-refractivity contribution in [2.24, 2.45) is 0 Å². The average Bonchev–Trinajstić information content (AvgIpc) is 2.66. The molecule has 1 fully saturated rings. The van der Waals surface area contributed by atoms with E-state index < -0.39 is 0 Å². The molecule has 1 aliphatic rings. The molecule has 19 heavy (non-hydrogen) atoms. The summed E-state index contributed by atoms with van der Waals surface area (Å²) < 4.78 is 0. The number of H-pyrrole nitrogens is 1. The van der Waals surface area contributed by atoms with E-state index in [1.807, 2.05) is 13.8 Å². The monoisotopic (exact) mass is 263 g/mol. The Labute approximate surface area is 113 Å². The Morgan fingerprint density at radius 2 is 1.84 bits per heavy atom. The standard InChI is InChI=1S/C14H21N3O2/c1-8-12(10(3)18)9(2)16-13(8)14(19)17-11-4-6-15-7-5-11/h11,15-16H,4-7H2,1-3H3,(H,17,19). The van der Waals surface area contributed by atoms with Crippen molar-refractivity contribution >= 4 is 11.7 Å². The van der Waals surface area contributed by atoms with E-state index in [9.17, 15) is 9.59 Å². The Bertz CT molecular complexity index is 499. The van der Waals surface area contributed by atoms with Crippen LogP contribution in [0.15, 0.2) is 0 Å². The van der Waals surface area contributed by atoms with Crippen molar-refractivity contribution in [3.05, 3.63) is 22.5 Å². The second kappa shape index (κ2) is 5.57. The van der Waals surface area contributed by atoms with Gasteiger partial charge in [0.25, 0.3) is 5.91 Å². The van der Waals surface area contributed by atoms with E-state index in [1.165, 1.54) is 6.92 Å². The van der Waals surface area contributed by atoms with E-state index in [4.69, 9.17) is 0 Å². The molecule has 1 amide bonds. The number of ketones is 1. The lowest BCUT2D eigenvalue weighted by molar-refractivity contribution is 0.0924. The van der Waals surface area contributed by atoms with Crippen molar-refractivity contribution < 1.29 is 9.59 Å². The van der Waals surface area contributed by atoms with Gasteiger partial charge in [-0.15, -0.1) is 0 Å². The van der Waals surface area contributed by atoms with Crippen molar-refractivity contribution in [3.63, 3.8) is 0 Å². The zero-order valence-electron chi connectivity index (χ0n) is 11.7. The fourth-order valence-electron chi connectivity index (χ4n) is 2.73. The number of aromatic nitrogens is 1. The molecular formula is C14H21N3O2. The molecule has 0 aromatic carbocycles. The Balaban J connectivity index is 2.15. The summed E-state index contributed by atoms with van der Waals surface area (Å²) in [7, 11) is 0. The molecule has 1 aromatic heterocycles. The lowest BCUT2D eigenvalue weighted by atomic mass is 10.0. The molecule has 0 unspecified atom stereocenters. The molecular weight excluding hydrogens is 242 g/mol. The lowest BCUT2D eigenvalue weighted by Crippen LogP contribution is -2.43. The number of hydrogen-bond acceptors (Lipinski definition) is 3. The number of hydrogen-bond donors (Lipinski definition) is 3. The predicted molar refractivity (Wildman–Crippen MR) is 73.6 cm³/mol. The number of piperidine rings is 1. The third kappa shape index (κ3) is 2.87. The summed E-state index contributed by atoms with van der Waals surface area (Å²) in [5.41, 5.74) is 2.66. The fourth-order valence-corrected chi connectivity index (χ4v) is 2.73. The van der Waals surface area contributed by atoms with Gasteiger partial charge in [-0.1, -0.05) is 0 Å². The third-order valence-corrected chi connectivity index (χ3v) is 3.69. The van der Waals surface area contributed by atoms with Crippen LogP contribution in [-0.2, 0) is 0 Å². The van der Waals surface area contributed by atoms with Gasteiger partial charge in [0.15, 0.2) is 5.78 Å². The van der Waals surface area contributed by atoms with Gasteiger partial charge in [0.2, 0.25) is 0 Å². The normalized spacial score (nSPS) is 16.4. The number of amides is 1. The topological polar surface area (TPSA) is 74.0 Å². The van der Waals surface area contributed by atoms with Crippen molar-refractivity contribution in [3.8, 4) is 0 Å². The number of nitrogens with one attached hydrogen (secondary N) is 3. The summed E-state index contributed by atoms with van der Waals surface area (Å²) in [6, 6.07) is 0.220. The van der Waals surface area contributed by atoms with Crippen LogP contribution in [0.4, 0.5) is 0 Å². The van der Waals surface area contributed by atoms with Gasteiger partial charge in [0.1, 0.15) is 5.69 Å². The minimum atomic E-state index is -0.111. The van der Waals surface area contributed by atoms with Crippen molar-refractivity contribution in [1.82, 2.24) is 15.6 Å². The Morgan fingerprint density at radius 3 is 2.37 bits per heavy atom. The molecule has 0 radical (unpaired) electrons. The highest BCUT2D eigenvalue weighted by atomic mass is 16.2. The highest BCUT2D eigenvalue weighted by molar-refractivity contribution is 6.02. The molecule has 0 atom stereocenters. The number of Topliss-reactive ketones (excluding diaryl/α,β-unsaturated/α-hetero) is 1. The maximum Gasteiger partial charge on any atom is 0.268 e. The molecule has 0 bridgehead atoms. The minimum Gasteiger partial charge on any atom is -0.354 e. The molecule has 1 aromatic rings. The number of aryl methyl sites for hydroxylation is 1. The summed E-state index contributed by atoms with van der Waals surface area (Å²) in [5, 5.41) is 6.30. The lowest BCUT2D eigenvalue weighted by Gasteiger charge is -2.23. The minimum absolute atomic E-state index is 0.00725. The van der Waals surface area contributed by atoms with Gasteiger partial charge in [-0.25, -0.2) is 0 Å². The molecule has 5 heteroatoms. The van der Waals surface area contributed by atoms with Gasteiger partial charge in [0.05, 0.1) is 0 Å². The van der Waals surface area contributed by atoms with E-state index in [2.05, 4.69) is 15.6 Å². The second-order valence-corrected chi connectivity index (χ2v) is 5.18. The zero-order valence-corrected chi connectivity index (χ0v) is 11.7. The first-order valence-corrected chi connectivity index (χ1v) is 6.72. The first kappa shape index (κ1) is 13.8. The largest absolute Gasteiger partial charge is 0.354 e. The SMILES string of the molecule is CC(=O)c1c(C)[nH]c(C(=O)NC2CCNCC2)c1C. The zero-order chi connectivity index (χ0) is 14.0. The first-order chi connectivity index (χ1) is 9.00. The summed E-state index contributed by atoms with van der Waals surface area (Å²) in [5.74, 6) is -0.118. The summed E-state index contributed by atoms with van der Waals surface area (Å²) in [6.07, 6.45) is 1.90. The van der Waals surface area contributed by atoms with Gasteiger partial charge < -0.3 is 15.6 Å². The van der Waals surface area contributed by atoms with Crippen molar-refractivity contribution in [2.45, 2.75) is 39.7 Å². The number of carbonyl (C=O) groups is 2. The summed E-state index contributed by atoms with van der Waals surface area (Å²) in [4.78, 5) is 26.8. The van der Waals surface area contributed by atoms with Crippen LogP contribution in [0, 0.1) is 13.8 Å². The molecule has 104 valence electrons. The Morgan fingerprint density at radius 1 is 1.21 bits per heavy atom. The molecule has 0 aliphatic carbocycles. The molecule has 3 N–H and O–H groups in total. The molecule has 2 rings (SSSR count). The average molecular weight is 263 g/mol. The summed E-state index contributed by atoms with van der Waals surface area (Å²) in [6.45, 7) is 7.04. The highest BCUT2D eigenvalue weighted by Gasteiger charge is 2.22. The van der Waals surface area contributed by atoms with Gasteiger partial charge >= 0.3 is 0 Å². The number of rotatable bonds is 3. The number of carbonyl (C=O) groups excluding carboxylic acids is 2. The molecule has 2 heterocycles. The smallest absolute Gasteiger partial charge is 0.268 e.